The van der Waals surface area contributed by atoms with Gasteiger partial charge in [0.2, 0.25) is 0 Å². The summed E-state index contributed by atoms with van der Waals surface area (Å²) < 4.78 is 2.10. The third-order valence-corrected chi connectivity index (χ3v) is 3.67. The van der Waals surface area contributed by atoms with Crippen molar-refractivity contribution in [3.63, 3.8) is 0 Å². The van der Waals surface area contributed by atoms with Crippen molar-refractivity contribution in [2.45, 2.75) is 27.3 Å². The lowest BCUT2D eigenvalue weighted by Crippen LogP contribution is -2.08. The number of nitrogens with zero attached hydrogens (tertiary/aromatic N) is 2. The maximum absolute atomic E-state index is 4.48. The topological polar surface area (TPSA) is 29.9 Å². The average molecular weight is 243 g/mol. The number of imidazole rings is 1. The van der Waals surface area contributed by atoms with Crippen molar-refractivity contribution in [3.8, 4) is 11.3 Å². The molecule has 0 aliphatic rings. The molecule has 0 radical (unpaired) electrons. The first-order chi connectivity index (χ1) is 8.56. The van der Waals surface area contributed by atoms with Gasteiger partial charge in [0.1, 0.15) is 0 Å². The SMILES string of the molecule is CNCc1ncn(C)c1-c1ccc(C)c(C)c1C. The van der Waals surface area contributed by atoms with Gasteiger partial charge in [-0.1, -0.05) is 12.1 Å². The van der Waals surface area contributed by atoms with E-state index in [1.165, 1.54) is 27.9 Å². The van der Waals surface area contributed by atoms with Crippen LogP contribution in [0.4, 0.5) is 0 Å². The van der Waals surface area contributed by atoms with Crippen LogP contribution < -0.4 is 5.32 Å². The lowest BCUT2D eigenvalue weighted by Gasteiger charge is -2.13. The van der Waals surface area contributed by atoms with E-state index in [4.69, 9.17) is 0 Å². The van der Waals surface area contributed by atoms with Crippen LogP contribution in [0.25, 0.3) is 11.3 Å². The molecule has 0 saturated carbocycles. The van der Waals surface area contributed by atoms with Crippen molar-refractivity contribution >= 4 is 0 Å². The minimum Gasteiger partial charge on any atom is -0.333 e. The Balaban J connectivity index is 2.62. The summed E-state index contributed by atoms with van der Waals surface area (Å²) in [5, 5.41) is 3.18. The van der Waals surface area contributed by atoms with Crippen LogP contribution in [0.3, 0.4) is 0 Å². The van der Waals surface area contributed by atoms with Crippen molar-refractivity contribution in [2.75, 3.05) is 7.05 Å². The summed E-state index contributed by atoms with van der Waals surface area (Å²) in [5.74, 6) is 0. The van der Waals surface area contributed by atoms with Gasteiger partial charge in [-0.2, -0.15) is 0 Å². The maximum atomic E-state index is 4.48. The van der Waals surface area contributed by atoms with Crippen molar-refractivity contribution in [1.82, 2.24) is 14.9 Å². The molecule has 0 atom stereocenters. The highest BCUT2D eigenvalue weighted by Gasteiger charge is 2.14. The second kappa shape index (κ2) is 4.94. The number of aryl methyl sites for hydroxylation is 2. The van der Waals surface area contributed by atoms with Gasteiger partial charge in [-0.05, 0) is 44.5 Å². The molecule has 1 heterocycles. The second-order valence-electron chi connectivity index (χ2n) is 4.86. The molecule has 18 heavy (non-hydrogen) atoms. The zero-order valence-electron chi connectivity index (χ0n) is 11.8. The minimum absolute atomic E-state index is 0.794. The van der Waals surface area contributed by atoms with E-state index in [9.17, 15) is 0 Å². The highest BCUT2D eigenvalue weighted by atomic mass is 15.0. The van der Waals surface area contributed by atoms with Crippen LogP contribution in [0.5, 0.6) is 0 Å². The van der Waals surface area contributed by atoms with Gasteiger partial charge in [0.15, 0.2) is 0 Å². The molecule has 0 spiro atoms. The Labute approximate surface area is 109 Å². The Kier molecular flexibility index (Phi) is 3.53. The summed E-state index contributed by atoms with van der Waals surface area (Å²) in [4.78, 5) is 4.48. The van der Waals surface area contributed by atoms with Gasteiger partial charge in [-0.3, -0.25) is 0 Å². The van der Waals surface area contributed by atoms with Gasteiger partial charge >= 0.3 is 0 Å². The van der Waals surface area contributed by atoms with E-state index in [0.29, 0.717) is 0 Å². The Morgan fingerprint density at radius 3 is 2.56 bits per heavy atom. The summed E-state index contributed by atoms with van der Waals surface area (Å²) in [6.45, 7) is 7.32. The molecule has 0 aliphatic carbocycles. The van der Waals surface area contributed by atoms with Crippen LogP contribution in [-0.2, 0) is 13.6 Å². The van der Waals surface area contributed by atoms with Gasteiger partial charge in [0.05, 0.1) is 17.7 Å². The maximum Gasteiger partial charge on any atom is 0.0952 e. The molecule has 2 rings (SSSR count). The van der Waals surface area contributed by atoms with Crippen molar-refractivity contribution in [1.29, 1.82) is 0 Å². The van der Waals surface area contributed by atoms with E-state index < -0.39 is 0 Å². The molecule has 1 aromatic carbocycles. The number of benzene rings is 1. The Morgan fingerprint density at radius 1 is 1.17 bits per heavy atom. The molecule has 2 aromatic rings. The predicted molar refractivity (Wildman–Crippen MR) is 75.6 cm³/mol. The van der Waals surface area contributed by atoms with Crippen molar-refractivity contribution in [2.24, 2.45) is 7.05 Å². The van der Waals surface area contributed by atoms with Crippen molar-refractivity contribution in [3.05, 3.63) is 40.8 Å². The first-order valence-corrected chi connectivity index (χ1v) is 6.28. The fourth-order valence-corrected chi connectivity index (χ4v) is 2.33. The predicted octanol–water partition coefficient (Wildman–Crippen LogP) is 2.73. The lowest BCUT2D eigenvalue weighted by atomic mass is 9.96. The van der Waals surface area contributed by atoms with Crippen LogP contribution in [0.2, 0.25) is 0 Å². The quantitative estimate of drug-likeness (QED) is 0.898. The van der Waals surface area contributed by atoms with E-state index in [2.05, 4.69) is 54.8 Å². The zero-order chi connectivity index (χ0) is 13.3. The first kappa shape index (κ1) is 12.8. The summed E-state index contributed by atoms with van der Waals surface area (Å²) in [6, 6.07) is 4.39. The fourth-order valence-electron chi connectivity index (χ4n) is 2.33. The van der Waals surface area contributed by atoms with E-state index in [0.717, 1.165) is 12.2 Å². The molecule has 96 valence electrons. The van der Waals surface area contributed by atoms with Gasteiger partial charge < -0.3 is 9.88 Å². The molecule has 3 nitrogen and oxygen atoms in total. The van der Waals surface area contributed by atoms with Crippen LogP contribution in [0, 0.1) is 20.8 Å². The summed E-state index contributed by atoms with van der Waals surface area (Å²) >= 11 is 0. The van der Waals surface area contributed by atoms with Gasteiger partial charge in [0, 0.05) is 19.2 Å². The Morgan fingerprint density at radius 2 is 1.89 bits per heavy atom. The molecule has 0 fully saturated rings. The van der Waals surface area contributed by atoms with Crippen LogP contribution >= 0.6 is 0 Å². The molecule has 0 unspecified atom stereocenters. The molecule has 1 aromatic heterocycles. The second-order valence-corrected chi connectivity index (χ2v) is 4.86. The first-order valence-electron chi connectivity index (χ1n) is 6.28. The molecule has 0 bridgehead atoms. The van der Waals surface area contributed by atoms with Gasteiger partial charge in [-0.15, -0.1) is 0 Å². The molecule has 0 aliphatic heterocycles. The molecule has 3 heteroatoms. The van der Waals surface area contributed by atoms with E-state index in [1.54, 1.807) is 0 Å². The van der Waals surface area contributed by atoms with Gasteiger partial charge in [-0.25, -0.2) is 4.98 Å². The third-order valence-electron chi connectivity index (χ3n) is 3.67. The standard InChI is InChI=1S/C15H21N3/c1-10-6-7-13(12(3)11(10)2)15-14(8-16-4)17-9-18(15)5/h6-7,9,16H,8H2,1-5H3. The number of hydrogen-bond donors (Lipinski definition) is 1. The largest absolute Gasteiger partial charge is 0.333 e. The van der Waals surface area contributed by atoms with Crippen LogP contribution in [0.15, 0.2) is 18.5 Å². The summed E-state index contributed by atoms with van der Waals surface area (Å²) in [7, 11) is 4.00. The van der Waals surface area contributed by atoms with Crippen LogP contribution in [-0.4, -0.2) is 16.6 Å². The minimum atomic E-state index is 0.794. The normalized spacial score (nSPS) is 10.9. The smallest absolute Gasteiger partial charge is 0.0952 e. The fraction of sp³-hybridized carbons (Fsp3) is 0.400. The van der Waals surface area contributed by atoms with E-state index >= 15 is 0 Å². The number of hydrogen-bond acceptors (Lipinski definition) is 2. The highest BCUT2D eigenvalue weighted by Crippen LogP contribution is 2.29. The number of aromatic nitrogens is 2. The average Bonchev–Trinajstić information content (AvgIpc) is 2.69. The monoisotopic (exact) mass is 243 g/mol. The lowest BCUT2D eigenvalue weighted by molar-refractivity contribution is 0.797. The number of rotatable bonds is 3. The third kappa shape index (κ3) is 2.06. The Bertz CT molecular complexity index is 567. The zero-order valence-corrected chi connectivity index (χ0v) is 11.8. The Hall–Kier alpha value is -1.61. The highest BCUT2D eigenvalue weighted by molar-refractivity contribution is 5.68. The summed E-state index contributed by atoms with van der Waals surface area (Å²) in [6.07, 6.45) is 1.89. The molecule has 0 saturated heterocycles. The molecule has 0 amide bonds. The molecular formula is C15H21N3. The summed E-state index contributed by atoms with van der Waals surface area (Å²) in [5.41, 5.74) is 7.65. The molecule has 1 N–H and O–H groups in total. The van der Waals surface area contributed by atoms with Crippen molar-refractivity contribution < 1.29 is 0 Å². The van der Waals surface area contributed by atoms with E-state index in [-0.39, 0.29) is 0 Å². The van der Waals surface area contributed by atoms with Gasteiger partial charge in [0.25, 0.3) is 0 Å². The van der Waals surface area contributed by atoms with Crippen LogP contribution in [0.1, 0.15) is 22.4 Å². The molecular weight excluding hydrogens is 222 g/mol. The van der Waals surface area contributed by atoms with E-state index in [1.807, 2.05) is 13.4 Å². The number of nitrogens with one attached hydrogen (secondary N) is 1.